The molecule has 14 aromatic rings. The van der Waals surface area contributed by atoms with Crippen molar-refractivity contribution in [1.82, 2.24) is 9.97 Å². The number of benzene rings is 12. The van der Waals surface area contributed by atoms with Gasteiger partial charge in [-0.15, -0.1) is 0 Å². The Balaban J connectivity index is 0.786. The van der Waals surface area contributed by atoms with Gasteiger partial charge in [-0.3, -0.25) is 0 Å². The maximum Gasteiger partial charge on any atom is 0.223 e. The van der Waals surface area contributed by atoms with E-state index in [1.165, 1.54) is 0 Å². The van der Waals surface area contributed by atoms with Crippen LogP contribution in [-0.2, 0) is 61.0 Å². The van der Waals surface area contributed by atoms with Gasteiger partial charge in [0, 0.05) is 88.9 Å². The van der Waals surface area contributed by atoms with E-state index in [-0.39, 0.29) is 52.9 Å². The Kier molecular flexibility index (Phi) is 19.7. The number of fused-ring (bicyclic) bond motifs is 7. The fourth-order valence-electron chi connectivity index (χ4n) is 20.2. The average molecular weight is 1740 g/mol. The Morgan fingerprint density at radius 2 is 0.394 bits per heavy atom. The smallest absolute Gasteiger partial charge is 0.223 e. The zero-order valence-corrected chi connectivity index (χ0v) is 71.3. The number of hydrogen-bond acceptors (Lipinski definition) is 18. The third-order valence-electron chi connectivity index (χ3n) is 26.4. The molecule has 2 aromatic heterocycles. The molecule has 12 aromatic carbocycles. The van der Waals surface area contributed by atoms with Gasteiger partial charge in [-0.05, 0) is 97.1 Å². The fourth-order valence-corrected chi connectivity index (χ4v) is 20.2. The molecule has 0 unspecified atom stereocenters. The summed E-state index contributed by atoms with van der Waals surface area (Å²) in [5.41, 5.74) is 14.0. The summed E-state index contributed by atoms with van der Waals surface area (Å²) in [6.07, 6.45) is 1.41. The lowest BCUT2D eigenvalue weighted by Gasteiger charge is -2.29. The summed E-state index contributed by atoms with van der Waals surface area (Å²) in [7, 11) is 0. The van der Waals surface area contributed by atoms with Crippen molar-refractivity contribution in [2.24, 2.45) is 9.98 Å². The molecule has 4 fully saturated rings. The molecular formula is C112H86N4O16. The van der Waals surface area contributed by atoms with Crippen LogP contribution in [0.2, 0.25) is 0 Å². The number of rotatable bonds is 8. The molecule has 12 heterocycles. The normalized spacial score (nSPS) is 23.0. The molecule has 20 heteroatoms. The van der Waals surface area contributed by atoms with E-state index in [4.69, 9.17) is 85.8 Å². The number of aromatic nitrogens is 2. The van der Waals surface area contributed by atoms with E-state index in [9.17, 15) is 0 Å². The quantitative estimate of drug-likeness (QED) is 0.145. The Morgan fingerprint density at radius 3 is 0.598 bits per heavy atom. The van der Waals surface area contributed by atoms with Crippen molar-refractivity contribution < 1.29 is 75.8 Å². The van der Waals surface area contributed by atoms with Crippen molar-refractivity contribution in [1.29, 1.82) is 0 Å². The molecule has 8 atom stereocenters. The monoisotopic (exact) mass is 1740 g/mol. The molecule has 0 radical (unpaired) electrons. The van der Waals surface area contributed by atoms with Crippen LogP contribution in [0.1, 0.15) is 78.1 Å². The summed E-state index contributed by atoms with van der Waals surface area (Å²) in [5.74, 6) is -2.47. The van der Waals surface area contributed by atoms with E-state index >= 15 is 0 Å². The first kappa shape index (κ1) is 79.5. The summed E-state index contributed by atoms with van der Waals surface area (Å²) >= 11 is 0. The number of aliphatic imine (C=N–C) groups is 2. The predicted molar refractivity (Wildman–Crippen MR) is 494 cm³/mol. The van der Waals surface area contributed by atoms with Crippen LogP contribution in [-0.4, -0.2) is 123 Å². The van der Waals surface area contributed by atoms with Crippen LogP contribution in [0.25, 0.3) is 22.3 Å². The van der Waals surface area contributed by atoms with Crippen LogP contribution in [0, 0.1) is 0 Å². The van der Waals surface area contributed by atoms with Crippen molar-refractivity contribution in [3.63, 3.8) is 0 Å². The fraction of sp³-hybridized carbons (Fsp3) is 0.179. The van der Waals surface area contributed by atoms with Gasteiger partial charge in [-0.2, -0.15) is 0 Å². The second-order valence-corrected chi connectivity index (χ2v) is 34.2. The van der Waals surface area contributed by atoms with Gasteiger partial charge in [-0.1, -0.05) is 267 Å². The van der Waals surface area contributed by atoms with Crippen LogP contribution in [0.3, 0.4) is 0 Å². The first-order chi connectivity index (χ1) is 65.3. The molecule has 1 aliphatic carbocycles. The summed E-state index contributed by atoms with van der Waals surface area (Å²) in [6.45, 7) is -0.556. The van der Waals surface area contributed by atoms with Gasteiger partial charge >= 0.3 is 0 Å². The second-order valence-electron chi connectivity index (χ2n) is 34.2. The van der Waals surface area contributed by atoms with Crippen molar-refractivity contribution in [2.75, 3.05) is 52.9 Å². The highest BCUT2D eigenvalue weighted by Gasteiger charge is 2.56. The number of H-pyrrole nitrogens is 2. The minimum absolute atomic E-state index is 0.0691. The minimum atomic E-state index is -1.48. The van der Waals surface area contributed by atoms with Crippen LogP contribution < -0.4 is 48.6 Å². The highest BCUT2D eigenvalue weighted by Crippen LogP contribution is 2.54. The highest BCUT2D eigenvalue weighted by atomic mass is 16.8. The predicted octanol–water partition coefficient (Wildman–Crippen LogP) is 17.8. The van der Waals surface area contributed by atoms with E-state index in [1.807, 2.05) is 340 Å². The van der Waals surface area contributed by atoms with Gasteiger partial charge in [0.1, 0.15) is 148 Å². The zero-order valence-electron chi connectivity index (χ0n) is 71.3. The maximum atomic E-state index is 7.67. The van der Waals surface area contributed by atoms with Crippen LogP contribution in [0.15, 0.2) is 385 Å². The lowest BCUT2D eigenvalue weighted by Crippen LogP contribution is -2.35. The number of aromatic amines is 2. The molecule has 0 amide bonds. The molecule has 0 spiro atoms. The molecule has 20 nitrogen and oxygen atoms in total. The molecule has 10 aliphatic heterocycles. The van der Waals surface area contributed by atoms with Crippen molar-refractivity contribution in [2.45, 2.75) is 72.0 Å². The molecule has 650 valence electrons. The summed E-state index contributed by atoms with van der Waals surface area (Å²) in [4.78, 5) is 20.2. The summed E-state index contributed by atoms with van der Waals surface area (Å²) < 4.78 is 122. The maximum absolute atomic E-state index is 7.67. The van der Waals surface area contributed by atoms with E-state index < -0.39 is 72.0 Å². The van der Waals surface area contributed by atoms with Gasteiger partial charge in [-0.25, -0.2) is 9.98 Å². The summed E-state index contributed by atoms with van der Waals surface area (Å²) in [5, 5.41) is 1.22. The molecule has 0 saturated carbocycles. The van der Waals surface area contributed by atoms with Crippen molar-refractivity contribution in [3.05, 3.63) is 464 Å². The lowest BCUT2D eigenvalue weighted by atomic mass is 9.97. The SMILES string of the molecule is C1=CC2=C3c4ccc([nH]4)C4=C5C=CC(=N5)C5=c6ccc([nH]6)=C(C1=N2)c1c2cccc1OC[C@@H]1OC(c6ccccc6)(c6ccccc6)O[C@H]1COc1cccc(c15)OC[C@@H]1OC(c5ccccc5)(c5ccccc5)O[C@H]1COc1cccc(c14)OC[C@@H]1OC(c4ccccc4)(c4ccccc4)O[C@H]1COc1cccc(c13)OC[C@@H]1OC(c3ccccc3)(c3ccccc3)O[C@H]1CO2. The van der Waals surface area contributed by atoms with E-state index in [1.54, 1.807) is 0 Å². The van der Waals surface area contributed by atoms with Crippen LogP contribution in [0.5, 0.6) is 46.0 Å². The largest absolute Gasteiger partial charge is 0.490 e. The zero-order chi connectivity index (χ0) is 87.3. The molecular weight excluding hydrogens is 1660 g/mol. The first-order valence-corrected chi connectivity index (χ1v) is 44.9. The van der Waals surface area contributed by atoms with Gasteiger partial charge in [0.2, 0.25) is 23.1 Å². The molecule has 25 rings (SSSR count). The number of hydrogen-bond donors (Lipinski definition) is 2. The molecule has 132 heavy (non-hydrogen) atoms. The Morgan fingerprint density at radius 1 is 0.197 bits per heavy atom. The molecule has 4 saturated heterocycles. The number of nitrogens with zero attached hydrogens (tertiary/aromatic N) is 2. The van der Waals surface area contributed by atoms with E-state index in [2.05, 4.69) is 34.2 Å². The Bertz CT molecular complexity index is 6600. The Labute approximate surface area is 760 Å². The molecule has 2 N–H and O–H groups in total. The standard InChI is InChI=1S/C112H86N4O16/c1-9-29-69(30-10-1)109(70-31-11-2-12-32-70)125-93-61-117-85-45-25-47-87-105(85)101-77-53-54-78(113-77)102-80-56-58-82(115-80)104-84-60-59-83(116-84)103(81-57-55-79(101)114-81)107-89(121-65-97-95(63-119-87)127-110(129-97,71-33-13-3-14-34-71)72-35-15-4-16-36-72)49-27-51-91(107)123-67-99-100(132-112(131-99,75-41-21-7-22-42-75)76-43-23-8-24-44-76)68-124-92-52-28-50-90(108(92)104)122-66-98-96(64-120-88-48-26-46-86(106(88)102)118-62-94(93)126-109)128-111(130-98,73-37-17-5-18-38-73)74-39-19-6-20-40-74/h1-60,93-100,113,116H,61-68H2/t93-,94-,95-,96-,97-,98-,99-,100-/m0/s1. The third-order valence-corrected chi connectivity index (χ3v) is 26.4. The minimum Gasteiger partial charge on any atom is -0.490 e. The van der Waals surface area contributed by atoms with E-state index in [0.29, 0.717) is 135 Å². The van der Waals surface area contributed by atoms with Crippen LogP contribution >= 0.6 is 0 Å². The average Bonchev–Trinajstić information content (AvgIpc) is 1.61. The number of allylic oxidation sites excluding steroid dienone is 4. The van der Waals surface area contributed by atoms with Crippen molar-refractivity contribution in [3.8, 4) is 46.0 Å². The topological polar surface area (TPSA) is 204 Å². The first-order valence-electron chi connectivity index (χ1n) is 44.9. The Hall–Kier alpha value is -14.7. The van der Waals surface area contributed by atoms with Crippen LogP contribution in [0.4, 0.5) is 0 Å². The number of nitrogens with one attached hydrogen (secondary N) is 2. The lowest BCUT2D eigenvalue weighted by molar-refractivity contribution is -0.155. The third kappa shape index (κ3) is 13.6. The number of ether oxygens (including phenoxy) is 16. The highest BCUT2D eigenvalue weighted by molar-refractivity contribution is 6.33. The van der Waals surface area contributed by atoms with Crippen molar-refractivity contribution >= 4 is 33.7 Å². The van der Waals surface area contributed by atoms with Gasteiger partial charge in [0.05, 0.1) is 45.1 Å². The molecule has 32 bridgehead atoms. The molecule has 11 aliphatic rings. The van der Waals surface area contributed by atoms with Gasteiger partial charge in [0.15, 0.2) is 0 Å². The van der Waals surface area contributed by atoms with Gasteiger partial charge in [0.25, 0.3) is 0 Å². The van der Waals surface area contributed by atoms with E-state index in [0.717, 1.165) is 44.5 Å². The summed E-state index contributed by atoms with van der Waals surface area (Å²) in [6, 6.07) is 112. The van der Waals surface area contributed by atoms with Gasteiger partial charge < -0.3 is 85.8 Å². The second kappa shape index (κ2) is 32.8.